The number of hydrogen-bond acceptors (Lipinski definition) is 5. The molecule has 2 aromatic carbocycles. The SMILES string of the molecule is Cc1ccccc1-c1noc(COC(=O)C2(c3ccc(Cl)cc3)CC2)n1. The molecule has 4 rings (SSSR count). The van der Waals surface area contributed by atoms with Crippen molar-refractivity contribution in [3.63, 3.8) is 0 Å². The van der Waals surface area contributed by atoms with E-state index in [0.717, 1.165) is 29.5 Å². The van der Waals surface area contributed by atoms with Crippen molar-refractivity contribution in [2.24, 2.45) is 0 Å². The van der Waals surface area contributed by atoms with Crippen molar-refractivity contribution in [2.75, 3.05) is 0 Å². The van der Waals surface area contributed by atoms with E-state index in [9.17, 15) is 4.79 Å². The maximum absolute atomic E-state index is 12.6. The highest BCUT2D eigenvalue weighted by atomic mass is 35.5. The molecule has 3 aromatic rings. The van der Waals surface area contributed by atoms with Crippen molar-refractivity contribution in [3.8, 4) is 11.4 Å². The summed E-state index contributed by atoms with van der Waals surface area (Å²) in [6, 6.07) is 15.1. The number of carbonyl (C=O) groups excluding carboxylic acids is 1. The van der Waals surface area contributed by atoms with Crippen molar-refractivity contribution < 1.29 is 14.1 Å². The van der Waals surface area contributed by atoms with Gasteiger partial charge in [0.05, 0.1) is 5.41 Å². The predicted molar refractivity (Wildman–Crippen MR) is 96.6 cm³/mol. The Morgan fingerprint density at radius 3 is 2.62 bits per heavy atom. The van der Waals surface area contributed by atoms with Gasteiger partial charge in [-0.25, -0.2) is 0 Å². The van der Waals surface area contributed by atoms with Gasteiger partial charge in [-0.15, -0.1) is 0 Å². The van der Waals surface area contributed by atoms with Gasteiger partial charge in [-0.05, 0) is 43.0 Å². The van der Waals surface area contributed by atoms with Crippen LogP contribution in [0, 0.1) is 6.92 Å². The van der Waals surface area contributed by atoms with Crippen LogP contribution in [0.5, 0.6) is 0 Å². The van der Waals surface area contributed by atoms with Gasteiger partial charge in [0.25, 0.3) is 5.89 Å². The number of halogens is 1. The fraction of sp³-hybridized carbons (Fsp3) is 0.250. The molecular weight excluding hydrogens is 352 g/mol. The third-order valence-electron chi connectivity index (χ3n) is 4.72. The average molecular weight is 369 g/mol. The smallest absolute Gasteiger partial charge is 0.317 e. The Hall–Kier alpha value is -2.66. The number of aryl methyl sites for hydroxylation is 1. The second-order valence-corrected chi connectivity index (χ2v) is 6.93. The molecule has 0 N–H and O–H groups in total. The molecule has 0 aliphatic heterocycles. The summed E-state index contributed by atoms with van der Waals surface area (Å²) in [4.78, 5) is 16.9. The van der Waals surface area contributed by atoms with Gasteiger partial charge in [-0.2, -0.15) is 4.98 Å². The highest BCUT2D eigenvalue weighted by molar-refractivity contribution is 6.30. The fourth-order valence-electron chi connectivity index (χ4n) is 3.02. The van der Waals surface area contributed by atoms with Crippen LogP contribution in [0.3, 0.4) is 0 Å². The first kappa shape index (κ1) is 16.8. The standard InChI is InChI=1S/C20H17ClN2O3/c1-13-4-2-3-5-16(13)18-22-17(26-23-18)12-25-19(24)20(10-11-20)14-6-8-15(21)9-7-14/h2-9H,10-12H2,1H3. The van der Waals surface area contributed by atoms with E-state index in [0.29, 0.717) is 10.8 Å². The van der Waals surface area contributed by atoms with Crippen molar-refractivity contribution in [2.45, 2.75) is 31.8 Å². The Morgan fingerprint density at radius 2 is 1.92 bits per heavy atom. The zero-order valence-corrected chi connectivity index (χ0v) is 15.0. The lowest BCUT2D eigenvalue weighted by Gasteiger charge is -2.14. The van der Waals surface area contributed by atoms with Crippen molar-refractivity contribution in [1.29, 1.82) is 0 Å². The molecule has 0 spiro atoms. The van der Waals surface area contributed by atoms with Gasteiger partial charge < -0.3 is 9.26 Å². The third-order valence-corrected chi connectivity index (χ3v) is 4.97. The van der Waals surface area contributed by atoms with E-state index in [1.807, 2.05) is 43.3 Å². The van der Waals surface area contributed by atoms with Crippen LogP contribution < -0.4 is 0 Å². The molecule has 1 aliphatic carbocycles. The van der Waals surface area contributed by atoms with Crippen molar-refractivity contribution in [3.05, 3.63) is 70.6 Å². The molecule has 1 aliphatic rings. The number of rotatable bonds is 5. The van der Waals surface area contributed by atoms with Crippen LogP contribution in [0.1, 0.15) is 29.9 Å². The number of hydrogen-bond donors (Lipinski definition) is 0. The lowest BCUT2D eigenvalue weighted by molar-refractivity contribution is -0.148. The van der Waals surface area contributed by atoms with Gasteiger partial charge >= 0.3 is 5.97 Å². The van der Waals surface area contributed by atoms with E-state index in [2.05, 4.69) is 10.1 Å². The molecule has 0 radical (unpaired) electrons. The van der Waals surface area contributed by atoms with Gasteiger partial charge in [0.2, 0.25) is 5.82 Å². The fourth-order valence-corrected chi connectivity index (χ4v) is 3.14. The Labute approximate surface area is 155 Å². The second-order valence-electron chi connectivity index (χ2n) is 6.49. The first-order valence-electron chi connectivity index (χ1n) is 8.40. The molecule has 0 bridgehead atoms. The van der Waals surface area contributed by atoms with E-state index in [4.69, 9.17) is 20.9 Å². The molecule has 6 heteroatoms. The molecule has 0 saturated heterocycles. The predicted octanol–water partition coefficient (Wildman–Crippen LogP) is 4.47. The molecule has 0 unspecified atom stereocenters. The maximum Gasteiger partial charge on any atom is 0.317 e. The molecule has 5 nitrogen and oxygen atoms in total. The minimum atomic E-state index is -0.566. The molecule has 132 valence electrons. The van der Waals surface area contributed by atoms with E-state index in [1.165, 1.54) is 0 Å². The van der Waals surface area contributed by atoms with Crippen LogP contribution in [-0.2, 0) is 21.6 Å². The summed E-state index contributed by atoms with van der Waals surface area (Å²) in [5, 5.41) is 4.62. The monoisotopic (exact) mass is 368 g/mol. The maximum atomic E-state index is 12.6. The molecule has 26 heavy (non-hydrogen) atoms. The number of nitrogens with zero attached hydrogens (tertiary/aromatic N) is 2. The largest absolute Gasteiger partial charge is 0.455 e. The summed E-state index contributed by atoms with van der Waals surface area (Å²) in [5.41, 5.74) is 2.31. The highest BCUT2D eigenvalue weighted by Crippen LogP contribution is 2.49. The number of carbonyl (C=O) groups is 1. The van der Waals surface area contributed by atoms with Crippen LogP contribution >= 0.6 is 11.6 Å². The van der Waals surface area contributed by atoms with E-state index < -0.39 is 5.41 Å². The van der Waals surface area contributed by atoms with Crippen molar-refractivity contribution >= 4 is 17.6 Å². The number of esters is 1. The number of aromatic nitrogens is 2. The van der Waals surface area contributed by atoms with E-state index in [1.54, 1.807) is 12.1 Å². The van der Waals surface area contributed by atoms with Crippen LogP contribution in [0.4, 0.5) is 0 Å². The van der Waals surface area contributed by atoms with Gasteiger partial charge in [0, 0.05) is 10.6 Å². The second kappa shape index (κ2) is 6.57. The van der Waals surface area contributed by atoms with E-state index >= 15 is 0 Å². The summed E-state index contributed by atoms with van der Waals surface area (Å²) in [7, 11) is 0. The number of benzene rings is 2. The molecule has 1 aromatic heterocycles. The number of ether oxygens (including phenoxy) is 1. The summed E-state index contributed by atoms with van der Waals surface area (Å²) in [6.45, 7) is 1.95. The van der Waals surface area contributed by atoms with Crippen LogP contribution in [0.15, 0.2) is 53.1 Å². The van der Waals surface area contributed by atoms with E-state index in [-0.39, 0.29) is 18.5 Å². The van der Waals surface area contributed by atoms with Crippen LogP contribution in [-0.4, -0.2) is 16.1 Å². The minimum Gasteiger partial charge on any atom is -0.455 e. The van der Waals surface area contributed by atoms with Gasteiger partial charge in [0.15, 0.2) is 6.61 Å². The van der Waals surface area contributed by atoms with Crippen LogP contribution in [0.2, 0.25) is 5.02 Å². The summed E-state index contributed by atoms with van der Waals surface area (Å²) < 4.78 is 10.7. The highest BCUT2D eigenvalue weighted by Gasteiger charge is 2.52. The van der Waals surface area contributed by atoms with Gasteiger partial charge in [0.1, 0.15) is 0 Å². The normalized spacial score (nSPS) is 14.8. The summed E-state index contributed by atoms with van der Waals surface area (Å²) in [5.74, 6) is 0.506. The molecule has 0 amide bonds. The quantitative estimate of drug-likeness (QED) is 0.621. The molecule has 1 fully saturated rings. The lowest BCUT2D eigenvalue weighted by Crippen LogP contribution is -2.23. The first-order valence-corrected chi connectivity index (χ1v) is 8.78. The minimum absolute atomic E-state index is 0.0347. The zero-order chi connectivity index (χ0) is 18.1. The summed E-state index contributed by atoms with van der Waals surface area (Å²) >= 11 is 5.92. The molecule has 0 atom stereocenters. The van der Waals surface area contributed by atoms with Gasteiger partial charge in [-0.1, -0.05) is 53.2 Å². The Bertz CT molecular complexity index is 946. The average Bonchev–Trinajstić information content (AvgIpc) is 3.33. The molecular formula is C20H17ClN2O3. The Balaban J connectivity index is 1.44. The summed E-state index contributed by atoms with van der Waals surface area (Å²) in [6.07, 6.45) is 1.54. The van der Waals surface area contributed by atoms with Crippen molar-refractivity contribution in [1.82, 2.24) is 10.1 Å². The van der Waals surface area contributed by atoms with Crippen LogP contribution in [0.25, 0.3) is 11.4 Å². The van der Waals surface area contributed by atoms with Gasteiger partial charge in [-0.3, -0.25) is 4.79 Å². The zero-order valence-electron chi connectivity index (χ0n) is 14.2. The topological polar surface area (TPSA) is 65.2 Å². The third kappa shape index (κ3) is 3.10. The molecule has 1 heterocycles. The lowest BCUT2D eigenvalue weighted by atomic mass is 9.96. The Morgan fingerprint density at radius 1 is 1.19 bits per heavy atom. The first-order chi connectivity index (χ1) is 12.6. The Kier molecular flexibility index (Phi) is 4.24. The molecule has 1 saturated carbocycles.